The van der Waals surface area contributed by atoms with E-state index in [2.05, 4.69) is 25.4 Å². The summed E-state index contributed by atoms with van der Waals surface area (Å²) in [5, 5.41) is 11.5. The topological polar surface area (TPSA) is 102 Å². The predicted molar refractivity (Wildman–Crippen MR) is 111 cm³/mol. The fraction of sp³-hybridized carbons (Fsp3) is 0.286. The Morgan fingerprint density at radius 3 is 2.67 bits per heavy atom. The number of para-hydroxylation sites is 1. The number of rotatable bonds is 5. The van der Waals surface area contributed by atoms with Crippen LogP contribution in [0.5, 0.6) is 0 Å². The molecule has 1 fully saturated rings. The van der Waals surface area contributed by atoms with Gasteiger partial charge >= 0.3 is 5.97 Å². The van der Waals surface area contributed by atoms with E-state index < -0.39 is 5.97 Å². The Labute approximate surface area is 173 Å². The number of esters is 1. The fourth-order valence-corrected chi connectivity index (χ4v) is 3.53. The second-order valence-corrected chi connectivity index (χ2v) is 7.03. The summed E-state index contributed by atoms with van der Waals surface area (Å²) in [5.74, 6) is 0.580. The van der Waals surface area contributed by atoms with Crippen LogP contribution in [-0.4, -0.2) is 51.8 Å². The molecule has 1 amide bonds. The Morgan fingerprint density at radius 2 is 1.93 bits per heavy atom. The zero-order valence-corrected chi connectivity index (χ0v) is 16.6. The lowest BCUT2D eigenvalue weighted by Gasteiger charge is -2.32. The highest BCUT2D eigenvalue weighted by Gasteiger charge is 2.27. The number of hydrogen-bond acceptors (Lipinski definition) is 7. The molecule has 1 aromatic carbocycles. The third kappa shape index (κ3) is 4.14. The predicted octanol–water partition coefficient (Wildman–Crippen LogP) is 2.30. The van der Waals surface area contributed by atoms with Crippen molar-refractivity contribution in [2.45, 2.75) is 12.8 Å². The van der Waals surface area contributed by atoms with Gasteiger partial charge in [-0.3, -0.25) is 9.36 Å². The second-order valence-electron chi connectivity index (χ2n) is 7.03. The van der Waals surface area contributed by atoms with Gasteiger partial charge in [0.05, 0.1) is 24.3 Å². The zero-order chi connectivity index (χ0) is 20.9. The Hall–Kier alpha value is -3.75. The van der Waals surface area contributed by atoms with Crippen LogP contribution < -0.4 is 10.2 Å². The first-order valence-electron chi connectivity index (χ1n) is 9.71. The van der Waals surface area contributed by atoms with E-state index >= 15 is 0 Å². The summed E-state index contributed by atoms with van der Waals surface area (Å²) in [5.41, 5.74) is 0.790. The van der Waals surface area contributed by atoms with Crippen molar-refractivity contribution in [2.24, 2.45) is 5.92 Å². The summed E-state index contributed by atoms with van der Waals surface area (Å²) < 4.78 is 6.58. The average Bonchev–Trinajstić information content (AvgIpc) is 3.34. The van der Waals surface area contributed by atoms with Gasteiger partial charge < -0.3 is 15.0 Å². The summed E-state index contributed by atoms with van der Waals surface area (Å²) in [6, 6.07) is 10.6. The molecule has 1 N–H and O–H groups in total. The lowest BCUT2D eigenvalue weighted by molar-refractivity contribution is -0.120. The molecule has 30 heavy (non-hydrogen) atoms. The smallest absolute Gasteiger partial charge is 0.339 e. The molecule has 1 atom stereocenters. The highest BCUT2D eigenvalue weighted by Crippen LogP contribution is 2.24. The average molecular weight is 406 g/mol. The number of carbonyl (C=O) groups is 2. The molecule has 9 nitrogen and oxygen atoms in total. The first-order valence-corrected chi connectivity index (χ1v) is 9.71. The molecular formula is C21H22N6O3. The first-order chi connectivity index (χ1) is 14.7. The van der Waals surface area contributed by atoms with E-state index in [9.17, 15) is 9.59 Å². The summed E-state index contributed by atoms with van der Waals surface area (Å²) >= 11 is 0. The number of nitrogens with one attached hydrogen (secondary N) is 1. The van der Waals surface area contributed by atoms with E-state index in [-0.39, 0.29) is 11.8 Å². The molecule has 1 unspecified atom stereocenters. The molecule has 3 aromatic rings. The molecule has 3 heterocycles. The third-order valence-electron chi connectivity index (χ3n) is 5.11. The molecule has 4 rings (SSSR count). The lowest BCUT2D eigenvalue weighted by Crippen LogP contribution is -2.41. The second kappa shape index (κ2) is 8.73. The van der Waals surface area contributed by atoms with Gasteiger partial charge in [0.25, 0.3) is 0 Å². The van der Waals surface area contributed by atoms with Crippen LogP contribution in [-0.2, 0) is 9.53 Å². The number of amides is 1. The van der Waals surface area contributed by atoms with Gasteiger partial charge in [0.1, 0.15) is 6.33 Å². The van der Waals surface area contributed by atoms with Gasteiger partial charge in [0.2, 0.25) is 5.91 Å². The SMILES string of the molecule is COC(=O)c1ccccc1NC(=O)C1CCCN(c2ccc(-n3ccnc3)nn2)C1. The van der Waals surface area contributed by atoms with Gasteiger partial charge in [-0.15, -0.1) is 10.2 Å². The van der Waals surface area contributed by atoms with Crippen molar-refractivity contribution in [1.82, 2.24) is 19.7 Å². The Kier molecular flexibility index (Phi) is 5.69. The number of carbonyl (C=O) groups excluding carboxylic acids is 2. The largest absolute Gasteiger partial charge is 0.465 e. The van der Waals surface area contributed by atoms with Crippen LogP contribution in [0.3, 0.4) is 0 Å². The molecule has 1 aliphatic rings. The van der Waals surface area contributed by atoms with Crippen LogP contribution >= 0.6 is 0 Å². The first kappa shape index (κ1) is 19.6. The fourth-order valence-electron chi connectivity index (χ4n) is 3.53. The van der Waals surface area contributed by atoms with Crippen molar-refractivity contribution in [3.63, 3.8) is 0 Å². The van der Waals surface area contributed by atoms with Gasteiger partial charge in [0, 0.05) is 25.5 Å². The van der Waals surface area contributed by atoms with E-state index in [1.165, 1.54) is 7.11 Å². The molecule has 2 aromatic heterocycles. The number of imidazole rings is 1. The molecule has 1 aliphatic heterocycles. The quantitative estimate of drug-likeness (QED) is 0.649. The highest BCUT2D eigenvalue weighted by molar-refractivity contribution is 6.02. The lowest BCUT2D eigenvalue weighted by atomic mass is 9.97. The van der Waals surface area contributed by atoms with Crippen LogP contribution in [0.15, 0.2) is 55.1 Å². The van der Waals surface area contributed by atoms with Crippen molar-refractivity contribution in [3.05, 3.63) is 60.7 Å². The molecule has 0 saturated carbocycles. The maximum atomic E-state index is 12.9. The van der Waals surface area contributed by atoms with E-state index in [0.717, 1.165) is 25.2 Å². The van der Waals surface area contributed by atoms with Gasteiger partial charge in [-0.05, 0) is 37.1 Å². The van der Waals surface area contributed by atoms with Crippen molar-refractivity contribution in [1.29, 1.82) is 0 Å². The van der Waals surface area contributed by atoms with Crippen molar-refractivity contribution < 1.29 is 14.3 Å². The van der Waals surface area contributed by atoms with Crippen LogP contribution in [0.1, 0.15) is 23.2 Å². The number of anilines is 2. The molecule has 1 saturated heterocycles. The Balaban J connectivity index is 1.44. The summed E-state index contributed by atoms with van der Waals surface area (Å²) in [6.07, 6.45) is 6.78. The molecule has 0 radical (unpaired) electrons. The number of ether oxygens (including phenoxy) is 1. The number of methoxy groups -OCH3 is 1. The van der Waals surface area contributed by atoms with Crippen LogP contribution in [0.25, 0.3) is 5.82 Å². The van der Waals surface area contributed by atoms with Gasteiger partial charge in [-0.2, -0.15) is 0 Å². The number of hydrogen-bond donors (Lipinski definition) is 1. The van der Waals surface area contributed by atoms with Crippen LogP contribution in [0.2, 0.25) is 0 Å². The number of nitrogens with zero attached hydrogens (tertiary/aromatic N) is 5. The van der Waals surface area contributed by atoms with Crippen molar-refractivity contribution in [3.8, 4) is 5.82 Å². The Morgan fingerprint density at radius 1 is 1.13 bits per heavy atom. The number of aromatic nitrogens is 4. The maximum Gasteiger partial charge on any atom is 0.339 e. The maximum absolute atomic E-state index is 12.9. The van der Waals surface area contributed by atoms with Gasteiger partial charge in [0.15, 0.2) is 11.6 Å². The minimum Gasteiger partial charge on any atom is -0.465 e. The van der Waals surface area contributed by atoms with E-state index in [1.54, 1.807) is 47.6 Å². The Bertz CT molecular complexity index is 1020. The van der Waals surface area contributed by atoms with Crippen LogP contribution in [0, 0.1) is 5.92 Å². The monoisotopic (exact) mass is 406 g/mol. The molecule has 0 bridgehead atoms. The molecule has 0 aliphatic carbocycles. The molecule has 9 heteroatoms. The van der Waals surface area contributed by atoms with E-state index in [1.807, 2.05) is 12.1 Å². The third-order valence-corrected chi connectivity index (χ3v) is 5.11. The normalized spacial score (nSPS) is 16.2. The summed E-state index contributed by atoms with van der Waals surface area (Å²) in [7, 11) is 1.32. The number of piperidine rings is 1. The summed E-state index contributed by atoms with van der Waals surface area (Å²) in [6.45, 7) is 1.34. The number of benzene rings is 1. The highest BCUT2D eigenvalue weighted by atomic mass is 16.5. The van der Waals surface area contributed by atoms with Gasteiger partial charge in [-0.25, -0.2) is 9.78 Å². The van der Waals surface area contributed by atoms with E-state index in [0.29, 0.717) is 23.6 Å². The van der Waals surface area contributed by atoms with Gasteiger partial charge in [-0.1, -0.05) is 12.1 Å². The zero-order valence-electron chi connectivity index (χ0n) is 16.6. The standard InChI is InChI=1S/C21H22N6O3/c1-30-21(29)16-6-2-3-7-17(16)23-20(28)15-5-4-11-26(13-15)18-8-9-19(25-24-18)27-12-10-22-14-27/h2-3,6-10,12,14-15H,4-5,11,13H2,1H3,(H,23,28). The van der Waals surface area contributed by atoms with E-state index in [4.69, 9.17) is 4.74 Å². The van der Waals surface area contributed by atoms with Crippen molar-refractivity contribution >= 4 is 23.4 Å². The van der Waals surface area contributed by atoms with Crippen LogP contribution in [0.4, 0.5) is 11.5 Å². The summed E-state index contributed by atoms with van der Waals surface area (Å²) in [4.78, 5) is 30.9. The molecule has 154 valence electrons. The van der Waals surface area contributed by atoms with Crippen molar-refractivity contribution in [2.75, 3.05) is 30.4 Å². The molecule has 0 spiro atoms. The minimum absolute atomic E-state index is 0.126. The molecular weight excluding hydrogens is 384 g/mol. The minimum atomic E-state index is -0.482.